The van der Waals surface area contributed by atoms with Gasteiger partial charge in [0.15, 0.2) is 11.5 Å². The predicted octanol–water partition coefficient (Wildman–Crippen LogP) is 2.91. The number of aromatic nitrogens is 2. The first-order valence-corrected chi connectivity index (χ1v) is 11.5. The van der Waals surface area contributed by atoms with Crippen molar-refractivity contribution in [2.75, 3.05) is 24.6 Å². The van der Waals surface area contributed by atoms with Gasteiger partial charge in [-0.25, -0.2) is 9.97 Å². The third-order valence-corrected chi connectivity index (χ3v) is 6.15. The van der Waals surface area contributed by atoms with Crippen molar-refractivity contribution in [1.82, 2.24) is 15.3 Å². The average Bonchev–Trinajstić information content (AvgIpc) is 3.29. The number of ether oxygens (including phenoxy) is 2. The Labute approximate surface area is 193 Å². The van der Waals surface area contributed by atoms with Gasteiger partial charge in [0.1, 0.15) is 6.10 Å². The van der Waals surface area contributed by atoms with E-state index >= 15 is 0 Å². The molecule has 4 rings (SSSR count). The minimum atomic E-state index is -0.866. The number of nitrogens with zero attached hydrogens (tertiary/aromatic N) is 3. The molecule has 33 heavy (non-hydrogen) atoms. The lowest BCUT2D eigenvalue weighted by atomic mass is 10.0. The van der Waals surface area contributed by atoms with Crippen LogP contribution in [0.15, 0.2) is 36.7 Å². The van der Waals surface area contributed by atoms with Crippen LogP contribution in [0.1, 0.15) is 49.4 Å². The number of amides is 1. The normalized spacial score (nSPS) is 22.6. The van der Waals surface area contributed by atoms with Gasteiger partial charge in [0.05, 0.1) is 24.6 Å². The molecule has 2 aromatic rings. The van der Waals surface area contributed by atoms with Crippen molar-refractivity contribution in [3.8, 4) is 11.5 Å². The van der Waals surface area contributed by atoms with Crippen molar-refractivity contribution in [2.24, 2.45) is 5.92 Å². The van der Waals surface area contributed by atoms with E-state index in [2.05, 4.69) is 20.2 Å². The smallest absolute Gasteiger partial charge is 0.308 e. The minimum Gasteiger partial charge on any atom is -0.490 e. The van der Waals surface area contributed by atoms with E-state index in [1.165, 1.54) is 12.4 Å². The summed E-state index contributed by atoms with van der Waals surface area (Å²) in [7, 11) is 0. The molecule has 2 N–H and O–H groups in total. The van der Waals surface area contributed by atoms with Gasteiger partial charge in [-0.2, -0.15) is 0 Å². The van der Waals surface area contributed by atoms with Gasteiger partial charge in [-0.15, -0.1) is 0 Å². The Kier molecular flexibility index (Phi) is 7.26. The summed E-state index contributed by atoms with van der Waals surface area (Å²) in [5, 5.41) is 12.1. The third-order valence-electron chi connectivity index (χ3n) is 6.15. The first-order valence-electron chi connectivity index (χ1n) is 11.5. The number of piperidine rings is 1. The molecule has 1 amide bonds. The van der Waals surface area contributed by atoms with Crippen LogP contribution in [0.4, 0.5) is 5.95 Å². The summed E-state index contributed by atoms with van der Waals surface area (Å²) in [6.45, 7) is 3.95. The molecule has 2 heterocycles. The average molecular weight is 455 g/mol. The summed E-state index contributed by atoms with van der Waals surface area (Å²) in [5.41, 5.74) is 0.324. The van der Waals surface area contributed by atoms with Gasteiger partial charge in [-0.05, 0) is 44.7 Å². The fourth-order valence-corrected chi connectivity index (χ4v) is 4.50. The van der Waals surface area contributed by atoms with E-state index in [1.54, 1.807) is 0 Å². The van der Waals surface area contributed by atoms with Crippen LogP contribution in [0.5, 0.6) is 11.5 Å². The van der Waals surface area contributed by atoms with Crippen molar-refractivity contribution in [2.45, 2.75) is 51.2 Å². The third kappa shape index (κ3) is 5.53. The van der Waals surface area contributed by atoms with E-state index in [1.807, 2.05) is 31.2 Å². The van der Waals surface area contributed by atoms with Crippen LogP contribution >= 0.6 is 0 Å². The molecule has 176 valence electrons. The molecule has 1 unspecified atom stereocenters. The van der Waals surface area contributed by atoms with Gasteiger partial charge in [0.25, 0.3) is 5.91 Å². The van der Waals surface area contributed by atoms with E-state index in [4.69, 9.17) is 9.47 Å². The zero-order valence-corrected chi connectivity index (χ0v) is 18.8. The summed E-state index contributed by atoms with van der Waals surface area (Å²) < 4.78 is 11.9. The zero-order chi connectivity index (χ0) is 23.2. The molecule has 1 aliphatic heterocycles. The maximum absolute atomic E-state index is 12.6. The van der Waals surface area contributed by atoms with Crippen LogP contribution in [0.2, 0.25) is 0 Å². The molecule has 1 aromatic carbocycles. The van der Waals surface area contributed by atoms with Crippen molar-refractivity contribution < 1.29 is 24.2 Å². The van der Waals surface area contributed by atoms with Gasteiger partial charge in [-0.1, -0.05) is 18.6 Å². The fourth-order valence-electron chi connectivity index (χ4n) is 4.50. The van der Waals surface area contributed by atoms with Crippen LogP contribution in [0.25, 0.3) is 0 Å². The van der Waals surface area contributed by atoms with Crippen LogP contribution in [-0.2, 0) is 4.79 Å². The first-order chi connectivity index (χ1) is 16.0. The Bertz CT molecular complexity index is 968. The lowest BCUT2D eigenvalue weighted by Crippen LogP contribution is -2.42. The lowest BCUT2D eigenvalue weighted by Gasteiger charge is -2.33. The standard InChI is InChI=1S/C24H30N4O5/c1-2-32-20-10-3-4-11-21(20)33-17-7-6-12-28(15-17)24-25-13-16(14-26-24)22(29)27-19-9-5-8-18(19)23(30)31/h3-4,10-11,13-14,17-19H,2,5-9,12,15H2,1H3,(H,27,29)(H,30,31)/t17?,18-,19+/m1/s1. The fraction of sp³-hybridized carbons (Fsp3) is 0.500. The Balaban J connectivity index is 1.36. The maximum atomic E-state index is 12.6. The Morgan fingerprint density at radius 1 is 1.12 bits per heavy atom. The molecule has 1 saturated carbocycles. The van der Waals surface area contributed by atoms with Crippen LogP contribution in [-0.4, -0.2) is 58.8 Å². The summed E-state index contributed by atoms with van der Waals surface area (Å²) >= 11 is 0. The van der Waals surface area contributed by atoms with Crippen molar-refractivity contribution in [3.63, 3.8) is 0 Å². The molecule has 3 atom stereocenters. The van der Waals surface area contributed by atoms with E-state index in [-0.39, 0.29) is 18.1 Å². The number of carbonyl (C=O) groups excluding carboxylic acids is 1. The highest BCUT2D eigenvalue weighted by atomic mass is 16.5. The Morgan fingerprint density at radius 2 is 1.88 bits per heavy atom. The van der Waals surface area contributed by atoms with Crippen molar-refractivity contribution in [1.29, 1.82) is 0 Å². The molecule has 9 nitrogen and oxygen atoms in total. The summed E-state index contributed by atoms with van der Waals surface area (Å²) in [5.74, 6) is 0.263. The number of carboxylic acids is 1. The largest absolute Gasteiger partial charge is 0.490 e. The molecule has 2 aliphatic rings. The first kappa shape index (κ1) is 22.8. The molecule has 0 spiro atoms. The van der Waals surface area contributed by atoms with Gasteiger partial charge < -0.3 is 24.8 Å². The predicted molar refractivity (Wildman–Crippen MR) is 122 cm³/mol. The quantitative estimate of drug-likeness (QED) is 0.626. The van der Waals surface area contributed by atoms with E-state index in [0.717, 1.165) is 37.3 Å². The van der Waals surface area contributed by atoms with Crippen molar-refractivity contribution in [3.05, 3.63) is 42.2 Å². The number of hydrogen-bond acceptors (Lipinski definition) is 7. The molecule has 1 saturated heterocycles. The highest BCUT2D eigenvalue weighted by molar-refractivity contribution is 5.94. The number of aliphatic carboxylic acids is 1. The number of hydrogen-bond donors (Lipinski definition) is 2. The number of para-hydroxylation sites is 2. The Hall–Kier alpha value is -3.36. The van der Waals surface area contributed by atoms with Crippen LogP contribution in [0.3, 0.4) is 0 Å². The summed E-state index contributed by atoms with van der Waals surface area (Å²) in [6.07, 6.45) is 6.88. The minimum absolute atomic E-state index is 0.0257. The summed E-state index contributed by atoms with van der Waals surface area (Å²) in [6, 6.07) is 7.30. The van der Waals surface area contributed by atoms with E-state index in [0.29, 0.717) is 37.5 Å². The molecular weight excluding hydrogens is 424 g/mol. The van der Waals surface area contributed by atoms with E-state index in [9.17, 15) is 14.7 Å². The van der Waals surface area contributed by atoms with E-state index < -0.39 is 11.9 Å². The molecule has 9 heteroatoms. The van der Waals surface area contributed by atoms with Crippen molar-refractivity contribution >= 4 is 17.8 Å². The Morgan fingerprint density at radius 3 is 2.61 bits per heavy atom. The SMILES string of the molecule is CCOc1ccccc1OC1CCCN(c2ncc(C(=O)N[C@H]3CCC[C@H]3C(=O)O)cn2)C1. The van der Waals surface area contributed by atoms with Crippen LogP contribution < -0.4 is 19.7 Å². The molecule has 0 bridgehead atoms. The molecule has 0 radical (unpaired) electrons. The van der Waals surface area contributed by atoms with Gasteiger partial charge in [0.2, 0.25) is 5.95 Å². The highest BCUT2D eigenvalue weighted by Gasteiger charge is 2.34. The second kappa shape index (κ2) is 10.5. The summed E-state index contributed by atoms with van der Waals surface area (Å²) in [4.78, 5) is 34.8. The molecular formula is C24H30N4O5. The zero-order valence-electron chi connectivity index (χ0n) is 18.8. The second-order valence-electron chi connectivity index (χ2n) is 8.44. The van der Waals surface area contributed by atoms with Gasteiger partial charge in [0, 0.05) is 25.0 Å². The molecule has 2 fully saturated rings. The lowest BCUT2D eigenvalue weighted by molar-refractivity contribution is -0.142. The monoisotopic (exact) mass is 454 g/mol. The number of carbonyl (C=O) groups is 2. The molecule has 1 aliphatic carbocycles. The topological polar surface area (TPSA) is 114 Å². The number of nitrogens with one attached hydrogen (secondary N) is 1. The molecule has 1 aromatic heterocycles. The van der Waals surface area contributed by atoms with Gasteiger partial charge >= 0.3 is 5.97 Å². The van der Waals surface area contributed by atoms with Gasteiger partial charge in [-0.3, -0.25) is 9.59 Å². The number of rotatable bonds is 8. The highest BCUT2D eigenvalue weighted by Crippen LogP contribution is 2.30. The van der Waals surface area contributed by atoms with Crippen LogP contribution in [0, 0.1) is 5.92 Å². The number of benzene rings is 1. The number of carboxylic acid groups (broad SMARTS) is 1. The maximum Gasteiger partial charge on any atom is 0.308 e. The second-order valence-corrected chi connectivity index (χ2v) is 8.44. The number of anilines is 1.